The summed E-state index contributed by atoms with van der Waals surface area (Å²) in [6, 6.07) is 0. The van der Waals surface area contributed by atoms with Crippen molar-refractivity contribution in [2.24, 2.45) is 5.92 Å². The molecule has 0 aromatic heterocycles. The van der Waals surface area contributed by atoms with Crippen molar-refractivity contribution in [2.75, 3.05) is 6.61 Å². The molecule has 0 aliphatic heterocycles. The third kappa shape index (κ3) is 61.2. The van der Waals surface area contributed by atoms with Gasteiger partial charge in [-0.15, -0.1) is 0 Å². The Hall–Kier alpha value is 3.90. The molecule has 0 saturated heterocycles. The molecule has 19 heavy (non-hydrogen) atoms. The van der Waals surface area contributed by atoms with Gasteiger partial charge in [-0.2, -0.15) is 0 Å². The van der Waals surface area contributed by atoms with E-state index in [1.165, 1.54) is 32.1 Å². The molecule has 0 unspecified atom stereocenters. The summed E-state index contributed by atoms with van der Waals surface area (Å²) in [5.74, 6) is 0.854. The van der Waals surface area contributed by atoms with Crippen LogP contribution in [0.4, 0.5) is 0 Å². The molecular formula is C10H29BNa4O4. The number of rotatable bonds is 7. The molecule has 4 nitrogen and oxygen atoms in total. The normalized spacial score (nSPS) is 7.74. The molecule has 0 amide bonds. The zero-order valence-electron chi connectivity index (χ0n) is 9.89. The number of aliphatic hydroxyl groups excluding tert-OH is 1. The topological polar surface area (TPSA) is 80.9 Å². The van der Waals surface area contributed by atoms with E-state index in [1.807, 2.05) is 0 Å². The minimum atomic E-state index is -2.17. The van der Waals surface area contributed by atoms with E-state index >= 15 is 0 Å². The van der Waals surface area contributed by atoms with Crippen LogP contribution in [0, 0.1) is 5.92 Å². The van der Waals surface area contributed by atoms with Crippen molar-refractivity contribution >= 4 is 126 Å². The Morgan fingerprint density at radius 1 is 0.737 bits per heavy atom. The summed E-state index contributed by atoms with van der Waals surface area (Å²) in [4.78, 5) is 0. The first-order valence-corrected chi connectivity index (χ1v) is 5.65. The molecule has 0 saturated carbocycles. The predicted molar refractivity (Wildman–Crippen MR) is 90.6 cm³/mol. The average molecular weight is 316 g/mol. The van der Waals surface area contributed by atoms with Crippen molar-refractivity contribution in [3.8, 4) is 0 Å². The molecule has 0 aromatic carbocycles. The minimum absolute atomic E-state index is 0. The van der Waals surface area contributed by atoms with Crippen LogP contribution in [0.5, 0.6) is 0 Å². The second kappa shape index (κ2) is 33.5. The molecule has 0 radical (unpaired) electrons. The molecule has 0 rings (SSSR count). The Labute approximate surface area is 207 Å². The van der Waals surface area contributed by atoms with E-state index in [0.29, 0.717) is 6.61 Å². The zero-order valence-corrected chi connectivity index (χ0v) is 9.89. The zero-order chi connectivity index (χ0) is 12.1. The quantitative estimate of drug-likeness (QED) is 0.334. The van der Waals surface area contributed by atoms with E-state index in [-0.39, 0.29) is 118 Å². The first-order valence-electron chi connectivity index (χ1n) is 5.65. The molecule has 0 aliphatic rings. The van der Waals surface area contributed by atoms with E-state index in [1.54, 1.807) is 0 Å². The van der Waals surface area contributed by atoms with Gasteiger partial charge in [-0.1, -0.05) is 46.0 Å². The second-order valence-electron chi connectivity index (χ2n) is 4.02. The van der Waals surface area contributed by atoms with Crippen LogP contribution < -0.4 is 0 Å². The van der Waals surface area contributed by atoms with Gasteiger partial charge in [0.05, 0.1) is 0 Å². The number of hydrogen-bond acceptors (Lipinski definition) is 4. The summed E-state index contributed by atoms with van der Waals surface area (Å²) < 4.78 is 0. The van der Waals surface area contributed by atoms with Crippen molar-refractivity contribution in [3.05, 3.63) is 0 Å². The Bertz CT molecular complexity index is 121. The first-order chi connectivity index (χ1) is 7.00. The summed E-state index contributed by atoms with van der Waals surface area (Å²) in [6.07, 6.45) is 7.56. The SMILES string of the molecule is CC(C)CCCCCCCO.OB(O)O.[NaH].[NaH].[NaH].[NaH]. The summed E-state index contributed by atoms with van der Waals surface area (Å²) in [5, 5.41) is 30.0. The molecule has 9 heteroatoms. The third-order valence-electron chi connectivity index (χ3n) is 1.94. The van der Waals surface area contributed by atoms with Crippen LogP contribution in [0.2, 0.25) is 0 Å². The third-order valence-corrected chi connectivity index (χ3v) is 1.94. The van der Waals surface area contributed by atoms with E-state index in [9.17, 15) is 0 Å². The summed E-state index contributed by atoms with van der Waals surface area (Å²) in [7, 11) is -2.17. The molecule has 0 atom stereocenters. The van der Waals surface area contributed by atoms with Gasteiger partial charge in [0.25, 0.3) is 0 Å². The van der Waals surface area contributed by atoms with E-state index in [4.69, 9.17) is 20.2 Å². The first kappa shape index (κ1) is 38.5. The average Bonchev–Trinajstić information content (AvgIpc) is 2.09. The monoisotopic (exact) mass is 316 g/mol. The van der Waals surface area contributed by atoms with Crippen LogP contribution in [0.15, 0.2) is 0 Å². The van der Waals surface area contributed by atoms with Crippen LogP contribution in [-0.2, 0) is 0 Å². The van der Waals surface area contributed by atoms with Gasteiger partial charge in [-0.25, -0.2) is 0 Å². The van der Waals surface area contributed by atoms with E-state index < -0.39 is 7.32 Å². The van der Waals surface area contributed by atoms with Crippen LogP contribution in [0.25, 0.3) is 0 Å². The molecule has 100 valence electrons. The van der Waals surface area contributed by atoms with Crippen molar-refractivity contribution < 1.29 is 20.2 Å². The van der Waals surface area contributed by atoms with Gasteiger partial charge < -0.3 is 20.2 Å². The van der Waals surface area contributed by atoms with E-state index in [0.717, 1.165) is 12.3 Å². The fourth-order valence-corrected chi connectivity index (χ4v) is 1.19. The van der Waals surface area contributed by atoms with Gasteiger partial charge in [-0.3, -0.25) is 0 Å². The van der Waals surface area contributed by atoms with Gasteiger partial charge >= 0.3 is 126 Å². The van der Waals surface area contributed by atoms with E-state index in [2.05, 4.69) is 13.8 Å². The van der Waals surface area contributed by atoms with Crippen molar-refractivity contribution in [1.29, 1.82) is 0 Å². The fourth-order valence-electron chi connectivity index (χ4n) is 1.19. The van der Waals surface area contributed by atoms with Crippen molar-refractivity contribution in [2.45, 2.75) is 52.4 Å². The Balaban J connectivity index is -0.0000000471. The van der Waals surface area contributed by atoms with Gasteiger partial charge in [-0.05, 0) is 12.3 Å². The fraction of sp³-hybridized carbons (Fsp3) is 1.00. The number of unbranched alkanes of at least 4 members (excludes halogenated alkanes) is 4. The Kier molecular flexibility index (Phi) is 67.8. The Morgan fingerprint density at radius 3 is 1.37 bits per heavy atom. The van der Waals surface area contributed by atoms with Gasteiger partial charge in [0.1, 0.15) is 0 Å². The molecule has 4 N–H and O–H groups in total. The van der Waals surface area contributed by atoms with Crippen LogP contribution in [0.1, 0.15) is 52.4 Å². The summed E-state index contributed by atoms with van der Waals surface area (Å²) >= 11 is 0. The van der Waals surface area contributed by atoms with Crippen LogP contribution in [0.3, 0.4) is 0 Å². The standard InChI is InChI=1S/C10H22O.BH3O3.4Na.4H/c1-10(2)8-6-4-3-5-7-9-11;2-1(3)4;;;;;;;;/h10-11H,3-9H2,1-2H3;2-4H;;;;;;;;. The van der Waals surface area contributed by atoms with Gasteiger partial charge in [0, 0.05) is 6.61 Å². The molecule has 0 fully saturated rings. The molecule has 0 heterocycles. The molecule has 0 spiro atoms. The summed E-state index contributed by atoms with van der Waals surface area (Å²) in [6.45, 7) is 4.91. The van der Waals surface area contributed by atoms with Crippen LogP contribution in [-0.4, -0.2) is 152 Å². The van der Waals surface area contributed by atoms with Crippen molar-refractivity contribution in [1.82, 2.24) is 0 Å². The predicted octanol–water partition coefficient (Wildman–Crippen LogP) is -1.67. The molecular weight excluding hydrogens is 287 g/mol. The van der Waals surface area contributed by atoms with Crippen LogP contribution >= 0.6 is 0 Å². The summed E-state index contributed by atoms with van der Waals surface area (Å²) in [5.41, 5.74) is 0. The molecule has 0 aliphatic carbocycles. The molecule has 0 aromatic rings. The van der Waals surface area contributed by atoms with Crippen molar-refractivity contribution in [3.63, 3.8) is 0 Å². The molecule has 0 bridgehead atoms. The maximum absolute atomic E-state index is 8.51. The maximum atomic E-state index is 8.51. The van der Waals surface area contributed by atoms with Gasteiger partial charge in [0.2, 0.25) is 0 Å². The number of aliphatic hydroxyl groups is 1. The Morgan fingerprint density at radius 2 is 1.05 bits per heavy atom. The number of hydrogen-bond donors (Lipinski definition) is 4. The second-order valence-corrected chi connectivity index (χ2v) is 4.02. The van der Waals surface area contributed by atoms with Gasteiger partial charge in [0.15, 0.2) is 0 Å².